The SMILES string of the molecule is c1ccc(CCc2ccc3ccc4ccccc4c3n2)cc1. The maximum absolute atomic E-state index is 4.92. The van der Waals surface area contributed by atoms with Crippen LogP contribution in [0.5, 0.6) is 0 Å². The molecule has 0 spiro atoms. The molecule has 0 fully saturated rings. The van der Waals surface area contributed by atoms with Gasteiger partial charge in [-0.3, -0.25) is 4.98 Å². The van der Waals surface area contributed by atoms with Crippen LogP contribution in [0.15, 0.2) is 78.9 Å². The summed E-state index contributed by atoms with van der Waals surface area (Å²) in [6.07, 6.45) is 2.01. The lowest BCUT2D eigenvalue weighted by molar-refractivity contribution is 0.923. The molecule has 106 valence electrons. The summed E-state index contributed by atoms with van der Waals surface area (Å²) in [6, 6.07) is 27.7. The van der Waals surface area contributed by atoms with Gasteiger partial charge < -0.3 is 0 Å². The highest BCUT2D eigenvalue weighted by Gasteiger charge is 2.03. The van der Waals surface area contributed by atoms with Crippen molar-refractivity contribution in [1.29, 1.82) is 0 Å². The quantitative estimate of drug-likeness (QED) is 0.472. The number of hydrogen-bond acceptors (Lipinski definition) is 1. The Bertz CT molecular complexity index is 926. The third-order valence-corrected chi connectivity index (χ3v) is 4.16. The van der Waals surface area contributed by atoms with Crippen molar-refractivity contribution in [1.82, 2.24) is 4.98 Å². The smallest absolute Gasteiger partial charge is 0.0783 e. The van der Waals surface area contributed by atoms with Gasteiger partial charge in [-0.25, -0.2) is 0 Å². The molecule has 4 rings (SSSR count). The second kappa shape index (κ2) is 5.61. The van der Waals surface area contributed by atoms with Gasteiger partial charge >= 0.3 is 0 Å². The van der Waals surface area contributed by atoms with Crippen LogP contribution in [0.4, 0.5) is 0 Å². The van der Waals surface area contributed by atoms with Crippen molar-refractivity contribution in [2.75, 3.05) is 0 Å². The lowest BCUT2D eigenvalue weighted by atomic mass is 10.0. The number of fused-ring (bicyclic) bond motifs is 3. The molecule has 0 amide bonds. The molecule has 1 heterocycles. The van der Waals surface area contributed by atoms with Gasteiger partial charge in [0.15, 0.2) is 0 Å². The lowest BCUT2D eigenvalue weighted by Gasteiger charge is -2.06. The van der Waals surface area contributed by atoms with E-state index >= 15 is 0 Å². The van der Waals surface area contributed by atoms with Crippen molar-refractivity contribution in [3.63, 3.8) is 0 Å². The Hall–Kier alpha value is -2.67. The molecule has 0 aliphatic rings. The Morgan fingerprint density at radius 1 is 0.591 bits per heavy atom. The highest BCUT2D eigenvalue weighted by Crippen LogP contribution is 2.24. The Balaban J connectivity index is 1.71. The van der Waals surface area contributed by atoms with Crippen LogP contribution in [-0.4, -0.2) is 4.98 Å². The molecule has 1 heteroatoms. The Morgan fingerprint density at radius 3 is 2.23 bits per heavy atom. The van der Waals surface area contributed by atoms with Crippen LogP contribution in [0.25, 0.3) is 21.7 Å². The summed E-state index contributed by atoms with van der Waals surface area (Å²) in [5, 5.41) is 3.70. The first-order valence-corrected chi connectivity index (χ1v) is 7.71. The first-order valence-electron chi connectivity index (χ1n) is 7.71. The van der Waals surface area contributed by atoms with Crippen LogP contribution in [0, 0.1) is 0 Å². The van der Waals surface area contributed by atoms with E-state index in [4.69, 9.17) is 4.98 Å². The monoisotopic (exact) mass is 283 g/mol. The summed E-state index contributed by atoms with van der Waals surface area (Å²) in [4.78, 5) is 4.92. The fourth-order valence-electron chi connectivity index (χ4n) is 2.95. The van der Waals surface area contributed by atoms with Crippen molar-refractivity contribution in [3.05, 3.63) is 90.1 Å². The number of nitrogens with zero attached hydrogens (tertiary/aromatic N) is 1. The van der Waals surface area contributed by atoms with Crippen LogP contribution in [0.1, 0.15) is 11.3 Å². The molecule has 0 bridgehead atoms. The maximum Gasteiger partial charge on any atom is 0.0783 e. The molecule has 0 saturated heterocycles. The molecule has 0 atom stereocenters. The highest BCUT2D eigenvalue weighted by atomic mass is 14.7. The summed E-state index contributed by atoms with van der Waals surface area (Å²) < 4.78 is 0. The van der Waals surface area contributed by atoms with Crippen LogP contribution >= 0.6 is 0 Å². The van der Waals surface area contributed by atoms with Gasteiger partial charge in [-0.05, 0) is 29.9 Å². The lowest BCUT2D eigenvalue weighted by Crippen LogP contribution is -1.95. The molecule has 0 aliphatic heterocycles. The van der Waals surface area contributed by atoms with Crippen molar-refractivity contribution in [3.8, 4) is 0 Å². The number of rotatable bonds is 3. The van der Waals surface area contributed by atoms with Crippen LogP contribution in [0.2, 0.25) is 0 Å². The fraction of sp³-hybridized carbons (Fsp3) is 0.0952. The molecule has 0 radical (unpaired) electrons. The molecular weight excluding hydrogens is 266 g/mol. The van der Waals surface area contributed by atoms with E-state index in [9.17, 15) is 0 Å². The zero-order valence-corrected chi connectivity index (χ0v) is 12.4. The minimum atomic E-state index is 0.975. The summed E-state index contributed by atoms with van der Waals surface area (Å²) in [6.45, 7) is 0. The van der Waals surface area contributed by atoms with E-state index in [1.165, 1.54) is 21.7 Å². The van der Waals surface area contributed by atoms with E-state index in [-0.39, 0.29) is 0 Å². The summed E-state index contributed by atoms with van der Waals surface area (Å²) >= 11 is 0. The fourth-order valence-corrected chi connectivity index (χ4v) is 2.95. The number of aromatic nitrogens is 1. The summed E-state index contributed by atoms with van der Waals surface area (Å²) in [7, 11) is 0. The number of pyridine rings is 1. The molecule has 4 aromatic rings. The molecule has 22 heavy (non-hydrogen) atoms. The van der Waals surface area contributed by atoms with Crippen LogP contribution in [-0.2, 0) is 12.8 Å². The number of hydrogen-bond donors (Lipinski definition) is 0. The summed E-state index contributed by atoms with van der Waals surface area (Å²) in [5.74, 6) is 0. The first kappa shape index (κ1) is 13.0. The summed E-state index contributed by atoms with van der Waals surface area (Å²) in [5.41, 5.74) is 3.64. The topological polar surface area (TPSA) is 12.9 Å². The van der Waals surface area contributed by atoms with Gasteiger partial charge in [0, 0.05) is 16.5 Å². The van der Waals surface area contributed by atoms with E-state index in [1.807, 2.05) is 0 Å². The Labute approximate surface area is 130 Å². The van der Waals surface area contributed by atoms with Gasteiger partial charge in [-0.1, -0.05) is 72.8 Å². The predicted molar refractivity (Wildman–Crippen MR) is 93.1 cm³/mol. The van der Waals surface area contributed by atoms with Gasteiger partial charge in [0.2, 0.25) is 0 Å². The number of aryl methyl sites for hydroxylation is 2. The zero-order chi connectivity index (χ0) is 14.8. The van der Waals surface area contributed by atoms with E-state index in [0.717, 1.165) is 24.1 Å². The maximum atomic E-state index is 4.92. The molecule has 0 aliphatic carbocycles. The Kier molecular flexibility index (Phi) is 3.32. The highest BCUT2D eigenvalue weighted by molar-refractivity contribution is 6.05. The Morgan fingerprint density at radius 2 is 1.32 bits per heavy atom. The second-order valence-electron chi connectivity index (χ2n) is 5.65. The first-order chi connectivity index (χ1) is 10.9. The van der Waals surface area contributed by atoms with Gasteiger partial charge in [0.1, 0.15) is 0 Å². The van der Waals surface area contributed by atoms with E-state index in [1.54, 1.807) is 0 Å². The van der Waals surface area contributed by atoms with Crippen LogP contribution in [0.3, 0.4) is 0 Å². The average molecular weight is 283 g/mol. The minimum absolute atomic E-state index is 0.975. The second-order valence-corrected chi connectivity index (χ2v) is 5.65. The molecule has 3 aromatic carbocycles. The minimum Gasteiger partial charge on any atom is -0.252 e. The van der Waals surface area contributed by atoms with Crippen molar-refractivity contribution >= 4 is 21.7 Å². The van der Waals surface area contributed by atoms with Crippen LogP contribution < -0.4 is 0 Å². The van der Waals surface area contributed by atoms with Crippen molar-refractivity contribution in [2.24, 2.45) is 0 Å². The molecule has 1 nitrogen and oxygen atoms in total. The molecule has 0 saturated carbocycles. The third-order valence-electron chi connectivity index (χ3n) is 4.16. The third kappa shape index (κ3) is 2.46. The van der Waals surface area contributed by atoms with Crippen molar-refractivity contribution in [2.45, 2.75) is 12.8 Å². The number of benzene rings is 3. The largest absolute Gasteiger partial charge is 0.252 e. The molecular formula is C21H17N. The predicted octanol–water partition coefficient (Wildman–Crippen LogP) is 5.17. The average Bonchev–Trinajstić information content (AvgIpc) is 2.60. The van der Waals surface area contributed by atoms with Gasteiger partial charge in [0.05, 0.1) is 5.52 Å². The van der Waals surface area contributed by atoms with Gasteiger partial charge in [0.25, 0.3) is 0 Å². The standard InChI is InChI=1S/C21H17N/c1-2-6-16(7-3-1)10-14-19-15-13-18-12-11-17-8-4-5-9-20(17)21(18)22-19/h1-9,11-13,15H,10,14H2. The normalized spacial score (nSPS) is 11.1. The van der Waals surface area contributed by atoms with E-state index in [2.05, 4.69) is 78.9 Å². The van der Waals surface area contributed by atoms with Crippen molar-refractivity contribution < 1.29 is 0 Å². The molecule has 0 unspecified atom stereocenters. The van der Waals surface area contributed by atoms with Gasteiger partial charge in [-0.15, -0.1) is 0 Å². The molecule has 1 aromatic heterocycles. The van der Waals surface area contributed by atoms with E-state index < -0.39 is 0 Å². The van der Waals surface area contributed by atoms with Gasteiger partial charge in [-0.2, -0.15) is 0 Å². The zero-order valence-electron chi connectivity index (χ0n) is 12.4. The van der Waals surface area contributed by atoms with E-state index in [0.29, 0.717) is 0 Å². The molecule has 0 N–H and O–H groups in total.